The molecule has 0 unspecified atom stereocenters. The molecule has 0 fully saturated rings. The van der Waals surface area contributed by atoms with E-state index < -0.39 is 5.97 Å². The molecule has 0 atom stereocenters. The average molecular weight is 363 g/mol. The molecule has 0 amide bonds. The van der Waals surface area contributed by atoms with Crippen LogP contribution in [0.2, 0.25) is 0 Å². The van der Waals surface area contributed by atoms with E-state index in [1.807, 2.05) is 26.0 Å². The van der Waals surface area contributed by atoms with Gasteiger partial charge in [-0.2, -0.15) is 0 Å². The molecule has 1 aromatic heterocycles. The zero-order valence-electron chi connectivity index (χ0n) is 12.3. The van der Waals surface area contributed by atoms with Crippen molar-refractivity contribution < 1.29 is 18.7 Å². The maximum absolute atomic E-state index is 12.1. The highest BCUT2D eigenvalue weighted by atomic mass is 79.9. The van der Waals surface area contributed by atoms with E-state index in [9.17, 15) is 9.59 Å². The lowest BCUT2D eigenvalue weighted by Gasteiger charge is -2.06. The highest BCUT2D eigenvalue weighted by Crippen LogP contribution is 2.15. The van der Waals surface area contributed by atoms with E-state index in [0.29, 0.717) is 16.0 Å². The molecule has 0 aliphatic rings. The number of carbonyl (C=O) groups is 2. The first-order chi connectivity index (χ1) is 10.5. The van der Waals surface area contributed by atoms with Gasteiger partial charge in [0, 0.05) is 11.6 Å². The average Bonchev–Trinajstić information content (AvgIpc) is 2.90. The van der Waals surface area contributed by atoms with Crippen LogP contribution in [-0.2, 0) is 9.53 Å². The van der Waals surface area contributed by atoms with E-state index in [2.05, 4.69) is 15.9 Å². The summed E-state index contributed by atoms with van der Waals surface area (Å²) in [5.41, 5.74) is 2.43. The van der Waals surface area contributed by atoms with E-state index in [-0.39, 0.29) is 12.4 Å². The predicted octanol–water partition coefficient (Wildman–Crippen LogP) is 4.10. The van der Waals surface area contributed by atoms with Gasteiger partial charge < -0.3 is 9.15 Å². The van der Waals surface area contributed by atoms with E-state index in [1.165, 1.54) is 12.2 Å². The lowest BCUT2D eigenvalue weighted by molar-refractivity contribution is -0.136. The Morgan fingerprint density at radius 2 is 2.00 bits per heavy atom. The molecule has 0 bridgehead atoms. The first-order valence-corrected chi connectivity index (χ1v) is 7.45. The summed E-state index contributed by atoms with van der Waals surface area (Å²) in [6.07, 6.45) is 2.71. The summed E-state index contributed by atoms with van der Waals surface area (Å²) in [7, 11) is 0. The fraction of sp³-hybridized carbons (Fsp3) is 0.176. The zero-order valence-corrected chi connectivity index (χ0v) is 13.8. The Morgan fingerprint density at radius 1 is 1.23 bits per heavy atom. The number of aryl methyl sites for hydroxylation is 2. The van der Waals surface area contributed by atoms with Gasteiger partial charge in [-0.05, 0) is 59.6 Å². The molecule has 114 valence electrons. The van der Waals surface area contributed by atoms with Crippen molar-refractivity contribution in [1.29, 1.82) is 0 Å². The summed E-state index contributed by atoms with van der Waals surface area (Å²) < 4.78 is 10.7. The number of furan rings is 1. The minimum Gasteiger partial charge on any atom is -0.454 e. The van der Waals surface area contributed by atoms with Crippen LogP contribution in [0, 0.1) is 13.8 Å². The second-order valence-corrected chi connectivity index (χ2v) is 5.61. The third-order valence-corrected chi connectivity index (χ3v) is 3.44. The van der Waals surface area contributed by atoms with Crippen LogP contribution in [0.15, 0.2) is 45.5 Å². The number of Topliss-reactive ketones (excluding diaryl/α,β-unsaturated/α-hetero) is 1. The van der Waals surface area contributed by atoms with E-state index in [4.69, 9.17) is 9.15 Å². The van der Waals surface area contributed by atoms with Crippen molar-refractivity contribution in [3.63, 3.8) is 0 Å². The number of rotatable bonds is 5. The Bertz CT molecular complexity index is 728. The second kappa shape index (κ2) is 7.22. The Labute approximate surface area is 136 Å². The first kappa shape index (κ1) is 16.2. The van der Waals surface area contributed by atoms with Crippen LogP contribution in [-0.4, -0.2) is 18.4 Å². The molecular formula is C17H15BrO4. The van der Waals surface area contributed by atoms with Crippen molar-refractivity contribution in [2.75, 3.05) is 6.61 Å². The van der Waals surface area contributed by atoms with E-state index >= 15 is 0 Å². The lowest BCUT2D eigenvalue weighted by Crippen LogP contribution is -2.13. The number of carbonyl (C=O) groups excluding carboxylic acids is 2. The first-order valence-electron chi connectivity index (χ1n) is 6.66. The van der Waals surface area contributed by atoms with Crippen LogP contribution >= 0.6 is 15.9 Å². The normalized spacial score (nSPS) is 10.9. The van der Waals surface area contributed by atoms with Crippen molar-refractivity contribution in [3.05, 3.63) is 63.5 Å². The largest absolute Gasteiger partial charge is 0.454 e. The van der Waals surface area contributed by atoms with Gasteiger partial charge in [0.2, 0.25) is 5.78 Å². The fourth-order valence-electron chi connectivity index (χ4n) is 1.87. The minimum atomic E-state index is -0.592. The van der Waals surface area contributed by atoms with Crippen molar-refractivity contribution in [1.82, 2.24) is 0 Å². The van der Waals surface area contributed by atoms with Gasteiger partial charge in [-0.25, -0.2) is 4.79 Å². The Kier molecular flexibility index (Phi) is 5.33. The maximum Gasteiger partial charge on any atom is 0.331 e. The van der Waals surface area contributed by atoms with Gasteiger partial charge in [0.05, 0.1) is 0 Å². The summed E-state index contributed by atoms with van der Waals surface area (Å²) >= 11 is 3.17. The molecule has 2 aromatic rings. The molecule has 1 aromatic carbocycles. The summed E-state index contributed by atoms with van der Waals surface area (Å²) in [6.45, 7) is 3.48. The monoisotopic (exact) mass is 362 g/mol. The van der Waals surface area contributed by atoms with Crippen molar-refractivity contribution in [2.45, 2.75) is 13.8 Å². The molecule has 0 N–H and O–H groups in total. The molecule has 0 aliphatic carbocycles. The lowest BCUT2D eigenvalue weighted by atomic mass is 10.0. The van der Waals surface area contributed by atoms with E-state index in [0.717, 1.165) is 11.1 Å². The SMILES string of the molecule is Cc1ccc(C)c(C(=O)COC(=O)/C=C/c2ccc(Br)o2)c1. The summed E-state index contributed by atoms with van der Waals surface area (Å²) in [6, 6.07) is 9.02. The number of ether oxygens (including phenoxy) is 1. The molecule has 0 radical (unpaired) electrons. The second-order valence-electron chi connectivity index (χ2n) is 4.82. The van der Waals surface area contributed by atoms with Crippen LogP contribution in [0.25, 0.3) is 6.08 Å². The minimum absolute atomic E-state index is 0.219. The molecule has 5 heteroatoms. The summed E-state index contributed by atoms with van der Waals surface area (Å²) in [5.74, 6) is -0.292. The molecule has 0 spiro atoms. The Balaban J connectivity index is 1.92. The maximum atomic E-state index is 12.1. The number of ketones is 1. The molecule has 1 heterocycles. The van der Waals surface area contributed by atoms with Crippen molar-refractivity contribution >= 4 is 33.8 Å². The van der Waals surface area contributed by atoms with Gasteiger partial charge in [0.15, 0.2) is 11.3 Å². The van der Waals surface area contributed by atoms with E-state index in [1.54, 1.807) is 18.2 Å². The topological polar surface area (TPSA) is 56.5 Å². The van der Waals surface area contributed by atoms with Crippen molar-refractivity contribution in [3.8, 4) is 0 Å². The molecule has 0 saturated carbocycles. The predicted molar refractivity (Wildman–Crippen MR) is 86.6 cm³/mol. The number of hydrogen-bond acceptors (Lipinski definition) is 4. The number of hydrogen-bond donors (Lipinski definition) is 0. The van der Waals surface area contributed by atoms with Crippen LogP contribution in [0.3, 0.4) is 0 Å². The third kappa shape index (κ3) is 4.43. The van der Waals surface area contributed by atoms with Crippen LogP contribution in [0.5, 0.6) is 0 Å². The molecule has 2 rings (SSSR count). The van der Waals surface area contributed by atoms with Gasteiger partial charge in [0.25, 0.3) is 0 Å². The van der Waals surface area contributed by atoms with Gasteiger partial charge in [-0.15, -0.1) is 0 Å². The van der Waals surface area contributed by atoms with Crippen LogP contribution in [0.1, 0.15) is 27.2 Å². The van der Waals surface area contributed by atoms with Crippen LogP contribution in [0.4, 0.5) is 0 Å². The molecular weight excluding hydrogens is 348 g/mol. The highest BCUT2D eigenvalue weighted by Gasteiger charge is 2.11. The highest BCUT2D eigenvalue weighted by molar-refractivity contribution is 9.10. The summed E-state index contributed by atoms with van der Waals surface area (Å²) in [5, 5.41) is 0. The molecule has 22 heavy (non-hydrogen) atoms. The smallest absolute Gasteiger partial charge is 0.331 e. The fourth-order valence-corrected chi connectivity index (χ4v) is 2.19. The Morgan fingerprint density at radius 3 is 2.68 bits per heavy atom. The quantitative estimate of drug-likeness (QED) is 0.456. The standard InChI is InChI=1S/C17H15BrO4/c1-11-3-4-12(2)14(9-11)15(19)10-21-17(20)8-6-13-5-7-16(18)22-13/h3-9H,10H2,1-2H3/b8-6+. The van der Waals surface area contributed by atoms with Gasteiger partial charge >= 0.3 is 5.97 Å². The number of benzene rings is 1. The summed E-state index contributed by atoms with van der Waals surface area (Å²) in [4.78, 5) is 23.7. The number of halogens is 1. The molecule has 0 aliphatic heterocycles. The number of esters is 1. The van der Waals surface area contributed by atoms with Gasteiger partial charge in [-0.1, -0.05) is 17.7 Å². The molecule has 0 saturated heterocycles. The van der Waals surface area contributed by atoms with Crippen LogP contribution < -0.4 is 0 Å². The molecule has 4 nitrogen and oxygen atoms in total. The third-order valence-electron chi connectivity index (χ3n) is 3.02. The van der Waals surface area contributed by atoms with Crippen molar-refractivity contribution in [2.24, 2.45) is 0 Å². The van der Waals surface area contributed by atoms with Gasteiger partial charge in [0.1, 0.15) is 5.76 Å². The Hall–Kier alpha value is -2.14. The zero-order chi connectivity index (χ0) is 16.1. The van der Waals surface area contributed by atoms with Gasteiger partial charge in [-0.3, -0.25) is 4.79 Å².